The van der Waals surface area contributed by atoms with E-state index in [4.69, 9.17) is 33.2 Å². The zero-order valence-electron chi connectivity index (χ0n) is 38.9. The number of likely N-dealkylation sites (N-methyl/N-ethyl adjacent to an activating group) is 1. The fourth-order valence-electron chi connectivity index (χ4n) is 10.0. The summed E-state index contributed by atoms with van der Waals surface area (Å²) in [5.41, 5.74) is 0.761. The van der Waals surface area contributed by atoms with Gasteiger partial charge in [0.1, 0.15) is 30.5 Å². The van der Waals surface area contributed by atoms with Crippen LogP contribution in [-0.2, 0) is 42.7 Å². The van der Waals surface area contributed by atoms with Crippen LogP contribution in [0.4, 0.5) is 0 Å². The van der Waals surface area contributed by atoms with Crippen molar-refractivity contribution in [2.45, 2.75) is 167 Å². The summed E-state index contributed by atoms with van der Waals surface area (Å²) in [7, 11) is 6.54. The molecule has 0 radical (unpaired) electrons. The van der Waals surface area contributed by atoms with Crippen LogP contribution in [-0.4, -0.2) is 176 Å². The van der Waals surface area contributed by atoms with Gasteiger partial charge in [-0.25, -0.2) is 0 Å². The van der Waals surface area contributed by atoms with Crippen molar-refractivity contribution in [3.05, 3.63) is 23.8 Å². The number of likely N-dealkylation sites (tertiary alicyclic amines) is 1. The maximum atomic E-state index is 14.0. The molecule has 15 heteroatoms. The Balaban J connectivity index is 1.68. The Bertz CT molecular complexity index is 1420. The molecule has 19 atom stereocenters. The van der Waals surface area contributed by atoms with Gasteiger partial charge in [-0.15, -0.1) is 0 Å². The van der Waals surface area contributed by atoms with Crippen LogP contribution in [0.15, 0.2) is 23.8 Å². The molecule has 3 fully saturated rings. The molecule has 0 aliphatic carbocycles. The summed E-state index contributed by atoms with van der Waals surface area (Å²) in [5, 5.41) is 45.3. The van der Waals surface area contributed by atoms with Crippen LogP contribution < -0.4 is 0 Å². The molecule has 0 saturated carbocycles. The molecule has 0 aromatic rings. The molecule has 0 aromatic carbocycles. The summed E-state index contributed by atoms with van der Waals surface area (Å²) in [5.74, 6) is -1.46. The molecule has 15 nitrogen and oxygen atoms in total. The predicted octanol–water partition coefficient (Wildman–Crippen LogP) is 3.34. The molecule has 4 N–H and O–H groups in total. The van der Waals surface area contributed by atoms with Gasteiger partial charge in [-0.3, -0.25) is 9.59 Å². The molecular weight excluding hydrogens is 789 g/mol. The van der Waals surface area contributed by atoms with E-state index in [2.05, 4.69) is 18.7 Å². The van der Waals surface area contributed by atoms with Gasteiger partial charge < -0.3 is 63.4 Å². The minimum atomic E-state index is -1.23. The molecule has 4 aliphatic heterocycles. The number of carbonyl (C=O) groups is 2. The second-order valence-electron chi connectivity index (χ2n) is 18.9. The highest BCUT2D eigenvalue weighted by Crippen LogP contribution is 2.36. The topological polar surface area (TPSA) is 186 Å². The first-order chi connectivity index (χ1) is 28.8. The Hall–Kier alpha value is -1.86. The lowest BCUT2D eigenvalue weighted by Crippen LogP contribution is -2.63. The second-order valence-corrected chi connectivity index (χ2v) is 18.9. The number of aliphatic hydroxyl groups excluding tert-OH is 4. The number of nitrogens with zero attached hydrogens (tertiary/aromatic N) is 2. The Morgan fingerprint density at radius 2 is 1.44 bits per heavy atom. The number of esters is 1. The van der Waals surface area contributed by atoms with E-state index in [1.165, 1.54) is 20.6 Å². The first kappa shape index (κ1) is 51.8. The lowest BCUT2D eigenvalue weighted by Gasteiger charge is -2.47. The lowest BCUT2D eigenvalue weighted by molar-refractivity contribution is -0.304. The zero-order valence-corrected chi connectivity index (χ0v) is 38.9. The standard InChI is InChI=1S/C46H80N2O13/c1-13-36-33(24-57-46-44(56-12)43(55-11)40(53)31(8)59-46)19-25(2)14-15-34(49)28(5)20-32(16-17-48-22-26(3)18-27(4)23-48)42(29(6)35(50)21-37(51)60-36)61-45-41(54)38(47(9)10)39(52)30(7)58-45/h14-15,19,26-33,35-36,38-46,50,52-54H,13,16-18,20-24H2,1-12H3/b15-14+,25-19-/t26?,27?,28?,29?,30?,31?,32?,33-,35+,36?,38?,39?,40?,41?,42-,43?,44?,45+,46?/m1/s1. The zero-order chi connectivity index (χ0) is 45.3. The van der Waals surface area contributed by atoms with Crippen LogP contribution in [0.25, 0.3) is 0 Å². The quantitative estimate of drug-likeness (QED) is 0.209. The first-order valence-corrected chi connectivity index (χ1v) is 22.6. The molecule has 61 heavy (non-hydrogen) atoms. The van der Waals surface area contributed by atoms with Gasteiger partial charge >= 0.3 is 5.97 Å². The number of carbonyl (C=O) groups excluding carboxylic acids is 2. The molecule has 4 rings (SSSR count). The summed E-state index contributed by atoms with van der Waals surface area (Å²) < 4.78 is 42.6. The van der Waals surface area contributed by atoms with E-state index >= 15 is 0 Å². The molecule has 4 aliphatic rings. The van der Waals surface area contributed by atoms with Gasteiger partial charge in [0.25, 0.3) is 0 Å². The Morgan fingerprint density at radius 1 is 0.820 bits per heavy atom. The summed E-state index contributed by atoms with van der Waals surface area (Å²) in [6.45, 7) is 18.2. The molecule has 15 unspecified atom stereocenters. The van der Waals surface area contributed by atoms with Gasteiger partial charge in [0.2, 0.25) is 0 Å². The molecule has 0 spiro atoms. The number of piperidine rings is 1. The van der Waals surface area contributed by atoms with E-state index in [0.29, 0.717) is 31.1 Å². The monoisotopic (exact) mass is 869 g/mol. The molecule has 0 aromatic heterocycles. The third kappa shape index (κ3) is 13.8. The number of aliphatic hydroxyl groups is 4. The van der Waals surface area contributed by atoms with E-state index in [-0.39, 0.29) is 24.7 Å². The first-order valence-electron chi connectivity index (χ1n) is 22.6. The summed E-state index contributed by atoms with van der Waals surface area (Å²) in [6.07, 6.45) is -2.96. The lowest BCUT2D eigenvalue weighted by atomic mass is 9.79. The van der Waals surface area contributed by atoms with Crippen molar-refractivity contribution in [2.24, 2.45) is 35.5 Å². The van der Waals surface area contributed by atoms with Crippen molar-refractivity contribution in [1.82, 2.24) is 9.80 Å². The minimum absolute atomic E-state index is 0.0427. The van der Waals surface area contributed by atoms with E-state index in [1.807, 2.05) is 33.8 Å². The number of hydrogen-bond donors (Lipinski definition) is 4. The Labute approximate surface area is 365 Å². The molecule has 3 saturated heterocycles. The maximum absolute atomic E-state index is 14.0. The highest BCUT2D eigenvalue weighted by Gasteiger charge is 2.48. The van der Waals surface area contributed by atoms with Crippen molar-refractivity contribution < 1.29 is 63.2 Å². The molecular formula is C46H80N2O13. The van der Waals surface area contributed by atoms with E-state index in [0.717, 1.165) is 25.2 Å². The number of allylic oxidation sites excluding steroid dienone is 3. The highest BCUT2D eigenvalue weighted by molar-refractivity contribution is 5.91. The van der Waals surface area contributed by atoms with Crippen molar-refractivity contribution in [1.29, 1.82) is 0 Å². The number of rotatable bonds is 12. The Morgan fingerprint density at radius 3 is 2.05 bits per heavy atom. The van der Waals surface area contributed by atoms with Gasteiger partial charge in [0, 0.05) is 45.1 Å². The third-order valence-corrected chi connectivity index (χ3v) is 13.5. The second kappa shape index (κ2) is 23.9. The van der Waals surface area contributed by atoms with Crippen LogP contribution in [0.1, 0.15) is 87.5 Å². The number of methoxy groups -OCH3 is 2. The van der Waals surface area contributed by atoms with Crippen molar-refractivity contribution in [2.75, 3.05) is 54.6 Å². The van der Waals surface area contributed by atoms with Crippen molar-refractivity contribution in [3.63, 3.8) is 0 Å². The van der Waals surface area contributed by atoms with E-state index in [1.54, 1.807) is 45.0 Å². The SMILES string of the molecule is CCC1OC(=O)C[C@H](O)C(C)[C@@H](O[C@@H]2OC(C)C(O)C(N(C)C)C2O)C(CCN2CC(C)CC(C)C2)CC(C)C(=O)/C=C/C(C)=C\[C@@H]1COC1OC(C)C(O)C(OC)C1OC. The van der Waals surface area contributed by atoms with Crippen LogP contribution in [0.3, 0.4) is 0 Å². The average Bonchev–Trinajstić information content (AvgIpc) is 3.19. The number of ketones is 1. The molecule has 0 amide bonds. The van der Waals surface area contributed by atoms with Gasteiger partial charge in [-0.2, -0.15) is 0 Å². The highest BCUT2D eigenvalue weighted by atomic mass is 16.7. The van der Waals surface area contributed by atoms with E-state index < -0.39 is 103 Å². The third-order valence-electron chi connectivity index (χ3n) is 13.5. The number of hydrogen-bond acceptors (Lipinski definition) is 15. The number of cyclic esters (lactones) is 1. The van der Waals surface area contributed by atoms with Crippen molar-refractivity contribution in [3.8, 4) is 0 Å². The fraction of sp³-hybridized carbons (Fsp3) is 0.870. The predicted molar refractivity (Wildman–Crippen MR) is 229 cm³/mol. The summed E-state index contributed by atoms with van der Waals surface area (Å²) >= 11 is 0. The summed E-state index contributed by atoms with van der Waals surface area (Å²) in [6, 6.07) is -0.684. The van der Waals surface area contributed by atoms with Crippen LogP contribution in [0.5, 0.6) is 0 Å². The smallest absolute Gasteiger partial charge is 0.308 e. The minimum Gasteiger partial charge on any atom is -0.462 e. The van der Waals surface area contributed by atoms with Gasteiger partial charge in [0.15, 0.2) is 18.4 Å². The normalized spacial score (nSPS) is 44.3. The fourth-order valence-corrected chi connectivity index (χ4v) is 10.0. The van der Waals surface area contributed by atoms with Gasteiger partial charge in [-0.05, 0) is 90.9 Å². The largest absolute Gasteiger partial charge is 0.462 e. The van der Waals surface area contributed by atoms with E-state index in [9.17, 15) is 30.0 Å². The maximum Gasteiger partial charge on any atom is 0.308 e. The van der Waals surface area contributed by atoms with Crippen LogP contribution in [0, 0.1) is 35.5 Å². The summed E-state index contributed by atoms with van der Waals surface area (Å²) in [4.78, 5) is 32.1. The molecule has 0 bridgehead atoms. The van der Waals surface area contributed by atoms with Crippen molar-refractivity contribution >= 4 is 11.8 Å². The number of ether oxygens (including phenoxy) is 7. The van der Waals surface area contributed by atoms with Gasteiger partial charge in [0.05, 0.1) is 49.6 Å². The average molecular weight is 869 g/mol. The Kier molecular flexibility index (Phi) is 20.3. The van der Waals surface area contributed by atoms with Gasteiger partial charge in [-0.1, -0.05) is 52.3 Å². The molecule has 352 valence electrons. The molecule has 4 heterocycles. The van der Waals surface area contributed by atoms with Crippen LogP contribution >= 0.6 is 0 Å². The van der Waals surface area contributed by atoms with Crippen LogP contribution in [0.2, 0.25) is 0 Å².